The summed E-state index contributed by atoms with van der Waals surface area (Å²) in [7, 11) is 0. The summed E-state index contributed by atoms with van der Waals surface area (Å²) in [4.78, 5) is 1.50. The van der Waals surface area contributed by atoms with Crippen LogP contribution < -0.4 is 18.9 Å². The van der Waals surface area contributed by atoms with Crippen molar-refractivity contribution in [3.05, 3.63) is 4.83 Å². The van der Waals surface area contributed by atoms with Crippen molar-refractivity contribution in [3.63, 3.8) is 0 Å². The normalized spacial score (nSPS) is 21.5. The van der Waals surface area contributed by atoms with E-state index in [4.69, 9.17) is 0 Å². The minimum atomic E-state index is 0. The zero-order valence-electron chi connectivity index (χ0n) is 4.00. The fraction of sp³-hybridized carbons (Fsp3) is 0.750. The van der Waals surface area contributed by atoms with E-state index >= 15 is 0 Å². The van der Waals surface area contributed by atoms with Crippen molar-refractivity contribution in [2.75, 3.05) is 0 Å². The molecule has 0 bridgehead atoms. The Morgan fingerprint density at radius 2 is 1.67 bits per heavy atom. The van der Waals surface area contributed by atoms with Crippen molar-refractivity contribution in [3.8, 4) is 0 Å². The van der Waals surface area contributed by atoms with E-state index < -0.39 is 0 Å². The Balaban J connectivity index is 0.000000250. The molecule has 2 heteroatoms. The van der Waals surface area contributed by atoms with Crippen LogP contribution in [0.3, 0.4) is 0 Å². The Kier molecular flexibility index (Phi) is 3.69. The van der Waals surface area contributed by atoms with Crippen LogP contribution in [-0.4, -0.2) is 0 Å². The van der Waals surface area contributed by atoms with Crippen molar-refractivity contribution >= 4 is 15.9 Å². The van der Waals surface area contributed by atoms with Gasteiger partial charge in [0, 0.05) is 0 Å². The first kappa shape index (κ1) is 7.08. The van der Waals surface area contributed by atoms with Gasteiger partial charge in [0.2, 0.25) is 0 Å². The molecule has 0 aromatic rings. The van der Waals surface area contributed by atoms with Gasteiger partial charge in [-0.3, -0.25) is 0 Å². The molecule has 30 valence electrons. The molecule has 0 heterocycles. The molecule has 0 saturated heterocycles. The fourth-order valence-electron chi connectivity index (χ4n) is 0.310. The average molecular weight is 141 g/mol. The maximum absolute atomic E-state index is 3.38. The van der Waals surface area contributed by atoms with Crippen LogP contribution in [0.25, 0.3) is 0 Å². The van der Waals surface area contributed by atoms with Gasteiger partial charge in [-0.2, -0.15) is 12.8 Å². The molecule has 0 aromatic heterocycles. The van der Waals surface area contributed by atoms with E-state index in [0.717, 1.165) is 0 Å². The SMILES string of the molecule is Br[C-]1CCC1.[Li+]. The zero-order valence-corrected chi connectivity index (χ0v) is 5.59. The van der Waals surface area contributed by atoms with Gasteiger partial charge in [-0.25, -0.2) is 4.83 Å². The maximum Gasteiger partial charge on any atom is 1.00 e. The number of hydrogen-bond donors (Lipinski definition) is 0. The molecule has 0 radical (unpaired) electrons. The molecule has 1 aliphatic carbocycles. The van der Waals surface area contributed by atoms with E-state index in [1.807, 2.05) is 0 Å². The minimum absolute atomic E-state index is 0. The molecule has 1 aliphatic rings. The van der Waals surface area contributed by atoms with Gasteiger partial charge in [-0.15, -0.1) is 6.42 Å². The second-order valence-corrected chi connectivity index (χ2v) is 2.49. The van der Waals surface area contributed by atoms with Crippen molar-refractivity contribution in [1.29, 1.82) is 0 Å². The molecule has 0 N–H and O–H groups in total. The topological polar surface area (TPSA) is 0 Å². The van der Waals surface area contributed by atoms with Gasteiger partial charge in [-0.05, 0) is 0 Å². The van der Waals surface area contributed by atoms with Gasteiger partial charge >= 0.3 is 18.9 Å². The Hall–Kier alpha value is 1.08. The predicted molar refractivity (Wildman–Crippen MR) is 26.0 cm³/mol. The summed E-state index contributed by atoms with van der Waals surface area (Å²) in [6.45, 7) is 0. The largest absolute Gasteiger partial charge is 1.00 e. The van der Waals surface area contributed by atoms with Crippen LogP contribution in [0.5, 0.6) is 0 Å². The van der Waals surface area contributed by atoms with Crippen LogP contribution in [0.2, 0.25) is 0 Å². The Morgan fingerprint density at radius 1 is 1.33 bits per heavy atom. The third kappa shape index (κ3) is 1.69. The van der Waals surface area contributed by atoms with Crippen molar-refractivity contribution in [2.24, 2.45) is 0 Å². The fourth-order valence-corrected chi connectivity index (χ4v) is 0.871. The first-order chi connectivity index (χ1) is 2.39. The second-order valence-electron chi connectivity index (χ2n) is 1.37. The van der Waals surface area contributed by atoms with Crippen molar-refractivity contribution in [2.45, 2.75) is 19.3 Å². The van der Waals surface area contributed by atoms with Crippen LogP contribution >= 0.6 is 15.9 Å². The Labute approximate surface area is 59.0 Å². The van der Waals surface area contributed by atoms with Crippen molar-refractivity contribution < 1.29 is 18.9 Å². The number of halogens is 1. The molecule has 0 nitrogen and oxygen atoms in total. The van der Waals surface area contributed by atoms with Crippen molar-refractivity contribution in [1.82, 2.24) is 0 Å². The first-order valence-corrected chi connectivity index (χ1v) is 2.69. The summed E-state index contributed by atoms with van der Waals surface area (Å²) >= 11 is 3.38. The van der Waals surface area contributed by atoms with Gasteiger partial charge in [0.05, 0.1) is 0 Å². The number of rotatable bonds is 0. The smallest absolute Gasteiger partial charge is 0.317 e. The molecule has 0 unspecified atom stereocenters. The molecule has 0 spiro atoms. The van der Waals surface area contributed by atoms with Gasteiger partial charge < -0.3 is 15.9 Å². The summed E-state index contributed by atoms with van der Waals surface area (Å²) in [5.74, 6) is 0. The molecule has 1 fully saturated rings. The summed E-state index contributed by atoms with van der Waals surface area (Å²) < 4.78 is 0. The van der Waals surface area contributed by atoms with E-state index in [0.29, 0.717) is 0 Å². The Morgan fingerprint density at radius 3 is 1.67 bits per heavy atom. The van der Waals surface area contributed by atoms with E-state index in [1.165, 1.54) is 24.1 Å². The summed E-state index contributed by atoms with van der Waals surface area (Å²) in [5.41, 5.74) is 0. The summed E-state index contributed by atoms with van der Waals surface area (Å²) in [6.07, 6.45) is 4.04. The molecular formula is C4H6BrLi. The second kappa shape index (κ2) is 3.13. The molecule has 0 aliphatic heterocycles. The molecular weight excluding hydrogens is 135 g/mol. The monoisotopic (exact) mass is 140 g/mol. The van der Waals surface area contributed by atoms with E-state index in [2.05, 4.69) is 15.9 Å². The minimum Gasteiger partial charge on any atom is -0.317 e. The third-order valence-corrected chi connectivity index (χ3v) is 1.69. The predicted octanol–water partition coefficient (Wildman–Crippen LogP) is -0.899. The molecule has 0 amide bonds. The first-order valence-electron chi connectivity index (χ1n) is 1.90. The molecule has 0 aromatic carbocycles. The summed E-state index contributed by atoms with van der Waals surface area (Å²) in [5, 5.41) is 0. The quantitative estimate of drug-likeness (QED) is 0.303. The van der Waals surface area contributed by atoms with Gasteiger partial charge in [-0.1, -0.05) is 0 Å². The van der Waals surface area contributed by atoms with E-state index in [1.54, 1.807) is 0 Å². The van der Waals surface area contributed by atoms with Crippen LogP contribution in [0, 0.1) is 4.83 Å². The Bertz CT molecular complexity index is 34.5. The van der Waals surface area contributed by atoms with Gasteiger partial charge in [0.1, 0.15) is 0 Å². The summed E-state index contributed by atoms with van der Waals surface area (Å²) in [6, 6.07) is 0. The van der Waals surface area contributed by atoms with Crippen LogP contribution in [0.4, 0.5) is 0 Å². The van der Waals surface area contributed by atoms with E-state index in [9.17, 15) is 0 Å². The van der Waals surface area contributed by atoms with Gasteiger partial charge in [0.15, 0.2) is 0 Å². The molecule has 6 heavy (non-hydrogen) atoms. The molecule has 0 atom stereocenters. The molecule has 1 saturated carbocycles. The van der Waals surface area contributed by atoms with Crippen LogP contribution in [0.15, 0.2) is 0 Å². The van der Waals surface area contributed by atoms with Crippen LogP contribution in [0.1, 0.15) is 19.3 Å². The molecule has 1 rings (SSSR count). The van der Waals surface area contributed by atoms with Gasteiger partial charge in [0.25, 0.3) is 0 Å². The van der Waals surface area contributed by atoms with E-state index in [-0.39, 0.29) is 18.9 Å². The number of hydrogen-bond acceptors (Lipinski definition) is 0. The zero-order chi connectivity index (χ0) is 3.70. The third-order valence-electron chi connectivity index (χ3n) is 0.896. The maximum atomic E-state index is 3.38. The standard InChI is InChI=1S/C4H6Br.Li/c5-4-2-1-3-4;/h1-3H2;/q-1;+1. The van der Waals surface area contributed by atoms with Crippen LogP contribution in [-0.2, 0) is 0 Å². The average Bonchev–Trinajstić information content (AvgIpc) is 1.30.